The number of fused-ring (bicyclic) bond motifs is 1. The van der Waals surface area contributed by atoms with E-state index in [0.717, 1.165) is 25.7 Å². The molecular weight excluding hydrogens is 529 g/mol. The molecule has 1 aromatic carbocycles. The summed E-state index contributed by atoms with van der Waals surface area (Å²) in [5.74, 6) is -0.878. The van der Waals surface area contributed by atoms with Crippen molar-refractivity contribution in [2.24, 2.45) is 5.92 Å². The lowest BCUT2D eigenvalue weighted by atomic mass is 9.96. The van der Waals surface area contributed by atoms with E-state index >= 15 is 0 Å². The van der Waals surface area contributed by atoms with Gasteiger partial charge in [-0.05, 0) is 38.0 Å². The molecule has 224 valence electrons. The smallest absolute Gasteiger partial charge is 0.389 e. The molecule has 3 N–H and O–H groups in total. The summed E-state index contributed by atoms with van der Waals surface area (Å²) < 4.78 is 43.9. The first kappa shape index (κ1) is 31.5. The van der Waals surface area contributed by atoms with Crippen LogP contribution >= 0.6 is 0 Å². The van der Waals surface area contributed by atoms with Crippen LogP contribution in [0, 0.1) is 5.92 Å². The maximum absolute atomic E-state index is 13.3. The maximum Gasteiger partial charge on any atom is 0.389 e. The first-order valence-electron chi connectivity index (χ1n) is 13.9. The number of rotatable bonds is 8. The Morgan fingerprint density at radius 3 is 2.58 bits per heavy atom. The first-order chi connectivity index (χ1) is 18.9. The van der Waals surface area contributed by atoms with Gasteiger partial charge in [-0.15, -0.1) is 0 Å². The molecule has 3 rings (SSSR count). The summed E-state index contributed by atoms with van der Waals surface area (Å²) in [6, 6.07) is 4.10. The number of aliphatic hydroxyl groups excluding tert-OH is 1. The lowest BCUT2D eigenvalue weighted by Gasteiger charge is -2.34. The molecule has 0 radical (unpaired) electrons. The highest BCUT2D eigenvalue weighted by molar-refractivity contribution is 5.91. The molecule has 40 heavy (non-hydrogen) atoms. The Morgan fingerprint density at radius 2 is 1.93 bits per heavy atom. The number of aliphatic hydroxyl groups is 1. The lowest BCUT2D eigenvalue weighted by Crippen LogP contribution is -2.50. The number of nitrogens with one attached hydrogen (secondary N) is 2. The molecule has 0 aromatic heterocycles. The molecule has 1 aromatic rings. The summed E-state index contributed by atoms with van der Waals surface area (Å²) in [6.07, 6.45) is -1.74. The minimum absolute atomic E-state index is 0.0939. The molecule has 0 spiro atoms. The highest BCUT2D eigenvalue weighted by atomic mass is 19.4. The SMILES string of the molecule is C[C@@H]1CN([C@@H](C)CO)C(=O)Cc2cc(NC(=O)CCC(F)(F)F)ccc2O[C@@H]1CN(C)C(=O)NC1CCCCC1. The maximum atomic E-state index is 13.3. The third-order valence-electron chi connectivity index (χ3n) is 7.57. The van der Waals surface area contributed by atoms with Crippen LogP contribution in [0.2, 0.25) is 0 Å². The van der Waals surface area contributed by atoms with Gasteiger partial charge in [0.1, 0.15) is 11.9 Å². The van der Waals surface area contributed by atoms with Crippen LogP contribution in [0.3, 0.4) is 0 Å². The van der Waals surface area contributed by atoms with E-state index in [2.05, 4.69) is 10.6 Å². The van der Waals surface area contributed by atoms with E-state index < -0.39 is 37.1 Å². The second-order valence-corrected chi connectivity index (χ2v) is 11.0. The standard InChI is InChI=1S/C28H41F3N4O5/c1-18-15-35(19(2)17-36)26(38)14-20-13-22(32-25(37)11-12-28(29,30)31)9-10-23(20)40-24(18)16-34(3)27(39)33-21-7-5-4-6-8-21/h9-10,13,18-19,21,24,36H,4-8,11-12,14-17H2,1-3H3,(H,32,37)(H,33,39)/t18-,19+,24-/m1/s1. The highest BCUT2D eigenvalue weighted by Crippen LogP contribution is 2.30. The number of amides is 4. The highest BCUT2D eigenvalue weighted by Gasteiger charge is 2.32. The molecule has 1 aliphatic heterocycles. The predicted octanol–water partition coefficient (Wildman–Crippen LogP) is 4.09. The van der Waals surface area contributed by atoms with Crippen molar-refractivity contribution in [3.8, 4) is 5.75 Å². The van der Waals surface area contributed by atoms with Crippen molar-refractivity contribution in [1.82, 2.24) is 15.1 Å². The zero-order valence-corrected chi connectivity index (χ0v) is 23.4. The molecule has 3 atom stereocenters. The van der Waals surface area contributed by atoms with Crippen LogP contribution in [0.4, 0.5) is 23.7 Å². The zero-order valence-electron chi connectivity index (χ0n) is 23.4. The van der Waals surface area contributed by atoms with Crippen molar-refractivity contribution in [2.75, 3.05) is 32.1 Å². The largest absolute Gasteiger partial charge is 0.488 e. The van der Waals surface area contributed by atoms with Gasteiger partial charge in [0.05, 0.1) is 32.0 Å². The van der Waals surface area contributed by atoms with Crippen LogP contribution in [-0.2, 0) is 16.0 Å². The number of urea groups is 1. The molecule has 1 fully saturated rings. The molecule has 1 saturated carbocycles. The predicted molar refractivity (Wildman–Crippen MR) is 144 cm³/mol. The summed E-state index contributed by atoms with van der Waals surface area (Å²) in [7, 11) is 1.70. The van der Waals surface area contributed by atoms with E-state index in [0.29, 0.717) is 17.9 Å². The minimum atomic E-state index is -4.44. The molecule has 9 nitrogen and oxygen atoms in total. The average molecular weight is 571 g/mol. The zero-order chi connectivity index (χ0) is 29.4. The number of anilines is 1. The second-order valence-electron chi connectivity index (χ2n) is 11.0. The van der Waals surface area contributed by atoms with Crippen molar-refractivity contribution in [2.45, 2.75) is 89.6 Å². The van der Waals surface area contributed by atoms with Crippen molar-refractivity contribution in [1.29, 1.82) is 0 Å². The van der Waals surface area contributed by atoms with Gasteiger partial charge in [-0.2, -0.15) is 13.2 Å². The van der Waals surface area contributed by atoms with Gasteiger partial charge in [0.25, 0.3) is 0 Å². The van der Waals surface area contributed by atoms with Crippen LogP contribution in [0.25, 0.3) is 0 Å². The van der Waals surface area contributed by atoms with E-state index in [1.165, 1.54) is 18.6 Å². The van der Waals surface area contributed by atoms with E-state index in [4.69, 9.17) is 4.74 Å². The molecule has 1 aliphatic carbocycles. The van der Waals surface area contributed by atoms with Crippen LogP contribution in [0.5, 0.6) is 5.75 Å². The quantitative estimate of drug-likeness (QED) is 0.436. The summed E-state index contributed by atoms with van der Waals surface area (Å²) in [5, 5.41) is 15.4. The average Bonchev–Trinajstić information content (AvgIpc) is 2.94. The third kappa shape index (κ3) is 9.28. The van der Waals surface area contributed by atoms with Gasteiger partial charge in [0, 0.05) is 43.2 Å². The van der Waals surface area contributed by atoms with Gasteiger partial charge >= 0.3 is 12.2 Å². The van der Waals surface area contributed by atoms with Gasteiger partial charge in [0.15, 0.2) is 0 Å². The number of hydrogen-bond acceptors (Lipinski definition) is 5. The van der Waals surface area contributed by atoms with Gasteiger partial charge in [0.2, 0.25) is 11.8 Å². The minimum Gasteiger partial charge on any atom is -0.488 e. The van der Waals surface area contributed by atoms with Gasteiger partial charge < -0.3 is 30.3 Å². The summed E-state index contributed by atoms with van der Waals surface area (Å²) in [6.45, 7) is 3.95. The molecule has 4 amide bonds. The van der Waals surface area contributed by atoms with E-state index in [-0.39, 0.29) is 49.2 Å². The van der Waals surface area contributed by atoms with Crippen molar-refractivity contribution in [3.63, 3.8) is 0 Å². The number of nitrogens with zero attached hydrogens (tertiary/aromatic N) is 2. The Labute approximate surface area is 233 Å². The normalized spacial score (nSPS) is 21.3. The number of likely N-dealkylation sites (N-methyl/N-ethyl adjacent to an activating group) is 1. The van der Waals surface area contributed by atoms with Gasteiger partial charge in [-0.3, -0.25) is 9.59 Å². The molecular formula is C28H41F3N4O5. The molecule has 0 unspecified atom stereocenters. The van der Waals surface area contributed by atoms with Crippen LogP contribution in [0.1, 0.15) is 64.4 Å². The number of ether oxygens (including phenoxy) is 1. The fraction of sp³-hybridized carbons (Fsp3) is 0.679. The van der Waals surface area contributed by atoms with Crippen molar-refractivity contribution < 1.29 is 37.4 Å². The molecule has 0 bridgehead atoms. The molecule has 12 heteroatoms. The summed E-state index contributed by atoms with van der Waals surface area (Å²) in [4.78, 5) is 41.5. The van der Waals surface area contributed by atoms with Crippen LogP contribution in [0.15, 0.2) is 18.2 Å². The monoisotopic (exact) mass is 570 g/mol. The molecule has 1 heterocycles. The Kier molecular flexibility index (Phi) is 11.1. The molecule has 2 aliphatic rings. The van der Waals surface area contributed by atoms with E-state index in [9.17, 15) is 32.7 Å². The van der Waals surface area contributed by atoms with Crippen molar-refractivity contribution >= 4 is 23.5 Å². The van der Waals surface area contributed by atoms with Crippen LogP contribution < -0.4 is 15.4 Å². The van der Waals surface area contributed by atoms with Gasteiger partial charge in [-0.1, -0.05) is 26.2 Å². The second kappa shape index (κ2) is 14.0. The Hall–Kier alpha value is -3.02. The van der Waals surface area contributed by atoms with E-state index in [1.807, 2.05) is 6.92 Å². The van der Waals surface area contributed by atoms with E-state index in [1.54, 1.807) is 29.8 Å². The number of carbonyl (C=O) groups is 3. The van der Waals surface area contributed by atoms with Crippen molar-refractivity contribution in [3.05, 3.63) is 23.8 Å². The Balaban J connectivity index is 1.81. The number of hydrogen-bond donors (Lipinski definition) is 3. The van der Waals surface area contributed by atoms with Gasteiger partial charge in [-0.25, -0.2) is 4.79 Å². The Bertz CT molecular complexity index is 1030. The third-order valence-corrected chi connectivity index (χ3v) is 7.57. The number of alkyl halides is 3. The van der Waals surface area contributed by atoms with Crippen LogP contribution in [-0.4, -0.2) is 83.9 Å². The number of benzene rings is 1. The number of halogens is 3. The fourth-order valence-electron chi connectivity index (χ4n) is 5.09. The molecule has 0 saturated heterocycles. The Morgan fingerprint density at radius 1 is 1.23 bits per heavy atom. The number of carbonyl (C=O) groups excluding carboxylic acids is 3. The summed E-state index contributed by atoms with van der Waals surface area (Å²) in [5.41, 5.74) is 0.694. The fourth-order valence-corrected chi connectivity index (χ4v) is 5.09. The lowest BCUT2D eigenvalue weighted by molar-refractivity contribution is -0.142. The summed E-state index contributed by atoms with van der Waals surface area (Å²) >= 11 is 0. The topological polar surface area (TPSA) is 111 Å². The first-order valence-corrected chi connectivity index (χ1v) is 13.9.